The molecule has 0 aliphatic heterocycles. The second kappa shape index (κ2) is 4.42. The molecule has 0 unspecified atom stereocenters. The van der Waals surface area contributed by atoms with Gasteiger partial charge in [-0.05, 0) is 38.7 Å². The van der Waals surface area contributed by atoms with Gasteiger partial charge in [0.1, 0.15) is 16.5 Å². The first kappa shape index (κ1) is 14.2. The molecule has 1 aliphatic carbocycles. The topological polar surface area (TPSA) is 72.2 Å². The highest BCUT2D eigenvalue weighted by atomic mass is 32.2. The SMILES string of the molecule is CC(C)(NS(=O)(=O)c1cc(N)c(F)cc1F)C1CC1. The fraction of sp³-hybridized carbons (Fsp3) is 0.500. The minimum Gasteiger partial charge on any atom is -0.396 e. The number of anilines is 1. The number of sulfonamides is 1. The van der Waals surface area contributed by atoms with E-state index in [1.54, 1.807) is 13.8 Å². The highest BCUT2D eigenvalue weighted by Crippen LogP contribution is 2.40. The van der Waals surface area contributed by atoms with Crippen LogP contribution in [0.1, 0.15) is 26.7 Å². The predicted molar refractivity (Wildman–Crippen MR) is 67.9 cm³/mol. The zero-order valence-electron chi connectivity index (χ0n) is 10.7. The lowest BCUT2D eigenvalue weighted by molar-refractivity contribution is 0.399. The van der Waals surface area contributed by atoms with Gasteiger partial charge in [-0.25, -0.2) is 21.9 Å². The van der Waals surface area contributed by atoms with E-state index >= 15 is 0 Å². The van der Waals surface area contributed by atoms with Crippen molar-refractivity contribution in [1.82, 2.24) is 4.72 Å². The van der Waals surface area contributed by atoms with Crippen molar-refractivity contribution in [2.45, 2.75) is 37.1 Å². The maximum atomic E-state index is 13.6. The van der Waals surface area contributed by atoms with Gasteiger partial charge >= 0.3 is 0 Å². The number of rotatable bonds is 4. The lowest BCUT2D eigenvalue weighted by atomic mass is 10.0. The van der Waals surface area contributed by atoms with Gasteiger partial charge in [0.25, 0.3) is 0 Å². The van der Waals surface area contributed by atoms with Crippen LogP contribution in [0.5, 0.6) is 0 Å². The summed E-state index contributed by atoms with van der Waals surface area (Å²) in [5, 5.41) is 0. The second-order valence-corrected chi connectivity index (χ2v) is 7.06. The van der Waals surface area contributed by atoms with E-state index in [1.165, 1.54) is 0 Å². The van der Waals surface area contributed by atoms with Gasteiger partial charge in [-0.3, -0.25) is 0 Å². The van der Waals surface area contributed by atoms with E-state index in [2.05, 4.69) is 4.72 Å². The van der Waals surface area contributed by atoms with Crippen LogP contribution in [0.15, 0.2) is 17.0 Å². The third kappa shape index (κ3) is 2.87. The van der Waals surface area contributed by atoms with Crippen LogP contribution in [-0.4, -0.2) is 14.0 Å². The number of benzene rings is 1. The molecule has 1 aliphatic rings. The Morgan fingerprint density at radius 3 is 2.37 bits per heavy atom. The van der Waals surface area contributed by atoms with Crippen LogP contribution in [0.25, 0.3) is 0 Å². The highest BCUT2D eigenvalue weighted by Gasteiger charge is 2.41. The molecule has 4 nitrogen and oxygen atoms in total. The summed E-state index contributed by atoms with van der Waals surface area (Å²) >= 11 is 0. The van der Waals surface area contributed by atoms with Crippen molar-refractivity contribution in [3.63, 3.8) is 0 Å². The normalized spacial score (nSPS) is 16.6. The molecule has 7 heteroatoms. The molecule has 0 bridgehead atoms. The molecule has 0 heterocycles. The number of hydrogen-bond donors (Lipinski definition) is 2. The lowest BCUT2D eigenvalue weighted by Gasteiger charge is -2.25. The summed E-state index contributed by atoms with van der Waals surface area (Å²) in [4.78, 5) is -0.625. The molecule has 0 amide bonds. The number of nitrogens with two attached hydrogens (primary N) is 1. The van der Waals surface area contributed by atoms with Gasteiger partial charge in [0.2, 0.25) is 10.0 Å². The summed E-state index contributed by atoms with van der Waals surface area (Å²) in [6.07, 6.45) is 1.87. The lowest BCUT2D eigenvalue weighted by Crippen LogP contribution is -2.45. The van der Waals surface area contributed by atoms with Crippen molar-refractivity contribution >= 4 is 15.7 Å². The van der Waals surface area contributed by atoms with Crippen molar-refractivity contribution in [2.24, 2.45) is 5.92 Å². The fourth-order valence-electron chi connectivity index (χ4n) is 2.04. The van der Waals surface area contributed by atoms with Crippen LogP contribution in [0.3, 0.4) is 0 Å². The first-order valence-electron chi connectivity index (χ1n) is 5.92. The monoisotopic (exact) mass is 290 g/mol. The largest absolute Gasteiger partial charge is 0.396 e. The van der Waals surface area contributed by atoms with Gasteiger partial charge in [0.05, 0.1) is 5.69 Å². The van der Waals surface area contributed by atoms with Crippen LogP contribution >= 0.6 is 0 Å². The summed E-state index contributed by atoms with van der Waals surface area (Å²) in [5.41, 5.74) is 4.23. The van der Waals surface area contributed by atoms with Gasteiger partial charge in [0, 0.05) is 11.6 Å². The van der Waals surface area contributed by atoms with E-state index < -0.39 is 37.8 Å². The minimum absolute atomic E-state index is 0.239. The Labute approximate surface area is 111 Å². The standard InChI is InChI=1S/C12H16F2N2O2S/c1-12(2,7-3-4-7)16-19(17,18)11-6-10(15)8(13)5-9(11)14/h5-7,16H,3-4,15H2,1-2H3. The molecular weight excluding hydrogens is 274 g/mol. The van der Waals surface area contributed by atoms with Crippen LogP contribution in [-0.2, 0) is 10.0 Å². The molecule has 1 aromatic carbocycles. The van der Waals surface area contributed by atoms with Gasteiger partial charge in [-0.1, -0.05) is 0 Å². The molecule has 0 spiro atoms. The van der Waals surface area contributed by atoms with Crippen LogP contribution in [0.4, 0.5) is 14.5 Å². The zero-order chi connectivity index (χ0) is 14.4. The molecule has 0 saturated heterocycles. The Hall–Kier alpha value is -1.21. The smallest absolute Gasteiger partial charge is 0.244 e. The Bertz CT molecular complexity index is 610. The third-order valence-corrected chi connectivity index (χ3v) is 5.02. The number of hydrogen-bond acceptors (Lipinski definition) is 3. The summed E-state index contributed by atoms with van der Waals surface area (Å²) in [6.45, 7) is 3.49. The first-order valence-corrected chi connectivity index (χ1v) is 7.40. The molecule has 0 atom stereocenters. The Morgan fingerprint density at radius 1 is 1.26 bits per heavy atom. The molecule has 0 aromatic heterocycles. The van der Waals surface area contributed by atoms with Gasteiger partial charge in [-0.15, -0.1) is 0 Å². The first-order chi connectivity index (χ1) is 8.63. The van der Waals surface area contributed by atoms with Crippen molar-refractivity contribution < 1.29 is 17.2 Å². The van der Waals surface area contributed by atoms with E-state index in [0.29, 0.717) is 6.07 Å². The second-order valence-electron chi connectivity index (χ2n) is 5.41. The fourth-order valence-corrected chi connectivity index (χ4v) is 3.61. The van der Waals surface area contributed by atoms with Gasteiger partial charge in [0.15, 0.2) is 0 Å². The van der Waals surface area contributed by atoms with Crippen molar-refractivity contribution in [3.8, 4) is 0 Å². The van der Waals surface area contributed by atoms with Crippen LogP contribution in [0.2, 0.25) is 0 Å². The molecule has 1 aromatic rings. The minimum atomic E-state index is -4.06. The molecule has 3 N–H and O–H groups in total. The third-order valence-electron chi connectivity index (χ3n) is 3.34. The summed E-state index contributed by atoms with van der Waals surface area (Å²) in [7, 11) is -4.06. The zero-order valence-corrected chi connectivity index (χ0v) is 11.5. The van der Waals surface area contributed by atoms with Gasteiger partial charge in [-0.2, -0.15) is 0 Å². The highest BCUT2D eigenvalue weighted by molar-refractivity contribution is 7.89. The van der Waals surface area contributed by atoms with E-state index in [1.807, 2.05) is 0 Å². The average molecular weight is 290 g/mol. The van der Waals surface area contributed by atoms with E-state index in [0.717, 1.165) is 18.9 Å². The maximum absolute atomic E-state index is 13.6. The number of nitrogen functional groups attached to an aromatic ring is 1. The molecule has 1 fully saturated rings. The molecule has 2 rings (SSSR count). The Morgan fingerprint density at radius 2 is 1.84 bits per heavy atom. The quantitative estimate of drug-likeness (QED) is 0.833. The number of halogens is 2. The van der Waals surface area contributed by atoms with Crippen molar-refractivity contribution in [2.75, 3.05) is 5.73 Å². The molecule has 106 valence electrons. The Balaban J connectivity index is 2.37. The van der Waals surface area contributed by atoms with E-state index in [-0.39, 0.29) is 5.92 Å². The number of nitrogens with one attached hydrogen (secondary N) is 1. The van der Waals surface area contributed by atoms with E-state index in [4.69, 9.17) is 5.73 Å². The Kier molecular flexibility index (Phi) is 3.30. The molecular formula is C12H16F2N2O2S. The van der Waals surface area contributed by atoms with E-state index in [9.17, 15) is 17.2 Å². The van der Waals surface area contributed by atoms with Crippen molar-refractivity contribution in [3.05, 3.63) is 23.8 Å². The average Bonchev–Trinajstić information content (AvgIpc) is 3.05. The summed E-state index contributed by atoms with van der Waals surface area (Å²) in [5.74, 6) is -1.88. The molecule has 0 radical (unpaired) electrons. The summed E-state index contributed by atoms with van der Waals surface area (Å²) < 4.78 is 53.4. The molecule has 19 heavy (non-hydrogen) atoms. The molecule has 1 saturated carbocycles. The predicted octanol–water partition coefficient (Wildman–Crippen LogP) is 2.01. The van der Waals surface area contributed by atoms with Crippen LogP contribution in [0, 0.1) is 17.6 Å². The summed E-state index contributed by atoms with van der Waals surface area (Å²) in [6, 6.07) is 1.28. The van der Waals surface area contributed by atoms with Crippen molar-refractivity contribution in [1.29, 1.82) is 0 Å². The maximum Gasteiger partial charge on any atom is 0.244 e. The van der Waals surface area contributed by atoms with Gasteiger partial charge < -0.3 is 5.73 Å². The van der Waals surface area contributed by atoms with Crippen LogP contribution < -0.4 is 10.5 Å².